The van der Waals surface area contributed by atoms with Gasteiger partial charge in [-0.05, 0) is 24.3 Å². The fourth-order valence-corrected chi connectivity index (χ4v) is 4.63. The Bertz CT molecular complexity index is 1120. The summed E-state index contributed by atoms with van der Waals surface area (Å²) in [4.78, 5) is 12.3. The van der Waals surface area contributed by atoms with Gasteiger partial charge in [-0.15, -0.1) is 0 Å². The van der Waals surface area contributed by atoms with Crippen molar-refractivity contribution in [1.82, 2.24) is 10.6 Å². The van der Waals surface area contributed by atoms with E-state index in [1.807, 2.05) is 60.7 Å². The molecule has 0 radical (unpaired) electrons. The Morgan fingerprint density at radius 3 is 1.81 bits per heavy atom. The van der Waals surface area contributed by atoms with E-state index in [1.165, 1.54) is 11.6 Å². The van der Waals surface area contributed by atoms with Gasteiger partial charge in [-0.2, -0.15) is 5.20 Å². The van der Waals surface area contributed by atoms with Crippen molar-refractivity contribution in [1.29, 1.82) is 0 Å². The fraction of sp³-hybridized carbons (Fsp3) is 0. The Kier molecular flexibility index (Phi) is 6.23. The lowest BCUT2D eigenvalue weighted by Gasteiger charge is -2.23. The predicted octanol–water partition coefficient (Wildman–Crippen LogP) is 6.27. The van der Waals surface area contributed by atoms with Gasteiger partial charge in [-0.1, -0.05) is 72.3 Å². The van der Waals surface area contributed by atoms with Crippen molar-refractivity contribution in [3.8, 4) is 0 Å². The van der Waals surface area contributed by atoms with Crippen molar-refractivity contribution in [2.24, 2.45) is 0 Å². The van der Waals surface area contributed by atoms with E-state index >= 15 is 0 Å². The van der Waals surface area contributed by atoms with Gasteiger partial charge in [0.05, 0.1) is 0 Å². The van der Waals surface area contributed by atoms with Gasteiger partial charge in [0.2, 0.25) is 7.29 Å². The second-order valence-electron chi connectivity index (χ2n) is 6.73. The molecule has 4 rings (SSSR count). The summed E-state index contributed by atoms with van der Waals surface area (Å²) < 4.78 is 19.6. The van der Waals surface area contributed by atoms with Crippen molar-refractivity contribution in [3.05, 3.63) is 113 Å². The highest BCUT2D eigenvalue weighted by Gasteiger charge is 2.27. The molecule has 0 saturated heterocycles. The predicted molar refractivity (Wildman–Crippen MR) is 124 cm³/mol. The van der Waals surface area contributed by atoms with Crippen LogP contribution < -0.4 is 15.9 Å². The molecular weight excluding hydrogens is 433 g/mol. The fourth-order valence-electron chi connectivity index (χ4n) is 2.93. The molecule has 1 heterocycles. The SMILES string of the molecule is O=C(NNP1(=O)C=C(c2ccccc2)OC(c2ccccc2)=C1)Nc1ccc(Cl)cc1. The lowest BCUT2D eigenvalue weighted by Crippen LogP contribution is -2.38. The minimum Gasteiger partial charge on any atom is -0.456 e. The summed E-state index contributed by atoms with van der Waals surface area (Å²) in [5, 5.41) is 5.87. The van der Waals surface area contributed by atoms with E-state index in [9.17, 15) is 9.36 Å². The zero-order valence-corrected chi connectivity index (χ0v) is 17.9. The molecule has 1 aliphatic rings. The summed E-state index contributed by atoms with van der Waals surface area (Å²) in [7, 11) is -3.32. The third kappa shape index (κ3) is 5.44. The zero-order valence-electron chi connectivity index (χ0n) is 16.3. The summed E-state index contributed by atoms with van der Waals surface area (Å²) in [6.07, 6.45) is 0. The van der Waals surface area contributed by atoms with E-state index in [-0.39, 0.29) is 0 Å². The van der Waals surface area contributed by atoms with Gasteiger partial charge < -0.3 is 10.1 Å². The van der Waals surface area contributed by atoms with Crippen molar-refractivity contribution in [2.45, 2.75) is 0 Å². The molecule has 3 aromatic carbocycles. The van der Waals surface area contributed by atoms with Crippen molar-refractivity contribution >= 4 is 42.1 Å². The van der Waals surface area contributed by atoms with E-state index in [0.717, 1.165) is 11.1 Å². The van der Waals surface area contributed by atoms with Crippen LogP contribution in [0.1, 0.15) is 11.1 Å². The van der Waals surface area contributed by atoms with E-state index in [1.54, 1.807) is 24.3 Å². The molecule has 0 spiro atoms. The number of carbonyl (C=O) groups is 1. The first-order chi connectivity index (χ1) is 15.0. The summed E-state index contributed by atoms with van der Waals surface area (Å²) >= 11 is 5.86. The van der Waals surface area contributed by atoms with Gasteiger partial charge in [-0.25, -0.2) is 4.79 Å². The van der Waals surface area contributed by atoms with Crippen molar-refractivity contribution < 1.29 is 14.1 Å². The maximum Gasteiger partial charge on any atom is 0.333 e. The number of benzene rings is 3. The number of hydrogen-bond donors (Lipinski definition) is 3. The second-order valence-corrected chi connectivity index (χ2v) is 9.32. The van der Waals surface area contributed by atoms with E-state index in [4.69, 9.17) is 16.3 Å². The average Bonchev–Trinajstić information content (AvgIpc) is 2.80. The molecule has 0 aliphatic carbocycles. The highest BCUT2D eigenvalue weighted by molar-refractivity contribution is 7.68. The lowest BCUT2D eigenvalue weighted by atomic mass is 10.2. The number of nitrogens with one attached hydrogen (secondary N) is 3. The first-order valence-corrected chi connectivity index (χ1v) is 11.7. The molecule has 0 atom stereocenters. The number of urea groups is 1. The number of amides is 2. The largest absolute Gasteiger partial charge is 0.456 e. The number of halogens is 1. The van der Waals surface area contributed by atoms with Crippen LogP contribution in [0.25, 0.3) is 11.5 Å². The molecule has 2 amide bonds. The third-order valence-corrected chi connectivity index (χ3v) is 6.35. The summed E-state index contributed by atoms with van der Waals surface area (Å²) in [5.74, 6) is 3.88. The minimum atomic E-state index is -3.32. The first-order valence-electron chi connectivity index (χ1n) is 9.44. The Morgan fingerprint density at radius 2 is 1.29 bits per heavy atom. The number of anilines is 1. The summed E-state index contributed by atoms with van der Waals surface area (Å²) in [6.45, 7) is 0. The molecule has 3 aromatic rings. The Labute approximate surface area is 185 Å². The van der Waals surface area contributed by atoms with Crippen LogP contribution >= 0.6 is 18.9 Å². The van der Waals surface area contributed by atoms with Crippen LogP contribution in [0.15, 0.2) is 96.6 Å². The molecule has 1 aliphatic heterocycles. The molecule has 6 nitrogen and oxygen atoms in total. The monoisotopic (exact) mass is 451 g/mol. The molecule has 0 aromatic heterocycles. The summed E-state index contributed by atoms with van der Waals surface area (Å²) in [5.41, 5.74) is 4.56. The minimum absolute atomic E-state index is 0.442. The van der Waals surface area contributed by atoms with Crippen molar-refractivity contribution in [2.75, 3.05) is 5.32 Å². The number of rotatable bonds is 5. The van der Waals surface area contributed by atoms with Crippen LogP contribution in [-0.2, 0) is 9.30 Å². The molecule has 3 N–H and O–H groups in total. The van der Waals surface area contributed by atoms with E-state index in [2.05, 4.69) is 15.9 Å². The first kappa shape index (κ1) is 20.9. The average molecular weight is 452 g/mol. The molecule has 8 heteroatoms. The van der Waals surface area contributed by atoms with Crippen LogP contribution in [0, 0.1) is 0 Å². The van der Waals surface area contributed by atoms with Gasteiger partial charge in [0.25, 0.3) is 0 Å². The second kappa shape index (κ2) is 9.23. The highest BCUT2D eigenvalue weighted by Crippen LogP contribution is 2.52. The van der Waals surface area contributed by atoms with Crippen LogP contribution in [0.4, 0.5) is 10.5 Å². The third-order valence-electron chi connectivity index (χ3n) is 4.40. The van der Waals surface area contributed by atoms with Gasteiger partial charge in [0.15, 0.2) is 0 Å². The summed E-state index contributed by atoms with van der Waals surface area (Å²) in [6, 6.07) is 24.8. The number of carbonyl (C=O) groups excluding carboxylic acids is 1. The lowest BCUT2D eigenvalue weighted by molar-refractivity contribution is 0.250. The maximum absolute atomic E-state index is 13.6. The number of hydrogen-bond acceptors (Lipinski definition) is 3. The van der Waals surface area contributed by atoms with Gasteiger partial charge in [0.1, 0.15) is 11.5 Å². The van der Waals surface area contributed by atoms with Gasteiger partial charge in [0, 0.05) is 33.5 Å². The molecule has 0 fully saturated rings. The van der Waals surface area contributed by atoms with E-state index < -0.39 is 13.3 Å². The number of hydrazine groups is 1. The number of ether oxygens (including phenoxy) is 1. The van der Waals surface area contributed by atoms with Crippen LogP contribution in [0.2, 0.25) is 5.02 Å². The standard InChI is InChI=1S/C23H19ClN3O3P/c24-19-11-13-20(14-12-19)25-23(28)26-27-31(29)15-21(17-7-3-1-4-8-17)30-22(16-31)18-9-5-2-6-10-18/h1-16H,(H,27,29)(H2,25,26,28). The molecule has 0 saturated carbocycles. The zero-order chi connectivity index (χ0) is 21.7. The molecule has 156 valence electrons. The molecular formula is C23H19ClN3O3P. The van der Waals surface area contributed by atoms with Gasteiger partial charge in [-0.3, -0.25) is 9.99 Å². The highest BCUT2D eigenvalue weighted by atomic mass is 35.5. The molecule has 0 unspecified atom stereocenters. The Morgan fingerprint density at radius 1 is 0.774 bits per heavy atom. The Balaban J connectivity index is 1.56. The van der Waals surface area contributed by atoms with Gasteiger partial charge >= 0.3 is 6.03 Å². The van der Waals surface area contributed by atoms with Crippen LogP contribution in [0.5, 0.6) is 0 Å². The molecule has 0 bridgehead atoms. The van der Waals surface area contributed by atoms with E-state index in [0.29, 0.717) is 22.2 Å². The quantitative estimate of drug-likeness (QED) is 0.315. The Hall–Kier alpha value is -3.31. The van der Waals surface area contributed by atoms with Crippen LogP contribution in [0.3, 0.4) is 0 Å². The smallest absolute Gasteiger partial charge is 0.333 e. The topological polar surface area (TPSA) is 79.5 Å². The molecule has 31 heavy (non-hydrogen) atoms. The van der Waals surface area contributed by atoms with Crippen LogP contribution in [-0.4, -0.2) is 6.03 Å². The van der Waals surface area contributed by atoms with Crippen molar-refractivity contribution in [3.63, 3.8) is 0 Å². The normalized spacial score (nSPS) is 14.6. The maximum atomic E-state index is 13.6.